The van der Waals surface area contributed by atoms with Crippen molar-refractivity contribution in [2.45, 2.75) is 17.9 Å². The summed E-state index contributed by atoms with van der Waals surface area (Å²) in [4.78, 5) is 24.1. The van der Waals surface area contributed by atoms with Crippen LogP contribution in [0, 0.1) is 11.6 Å². The standard InChI is InChI=1S/C19H17F2NO5S/c1-11(27-18(23)10-28-17-8-12(20)2-4-14(17)21)19(24)22-13-3-5-15-16(9-13)26-7-6-25-15/h2-5,8-9,11H,6-7,10H2,1H3,(H,22,24)/t11-/m1/s1. The fraction of sp³-hybridized carbons (Fsp3) is 0.263. The van der Waals surface area contributed by atoms with E-state index in [0.717, 1.165) is 30.0 Å². The first-order valence-corrected chi connectivity index (χ1v) is 9.39. The highest BCUT2D eigenvalue weighted by atomic mass is 32.2. The van der Waals surface area contributed by atoms with Crippen LogP contribution in [0.25, 0.3) is 0 Å². The van der Waals surface area contributed by atoms with Gasteiger partial charge in [-0.05, 0) is 37.3 Å². The van der Waals surface area contributed by atoms with Crippen LogP contribution >= 0.6 is 11.8 Å². The molecular formula is C19H17F2NO5S. The van der Waals surface area contributed by atoms with Crippen molar-refractivity contribution in [2.75, 3.05) is 24.3 Å². The number of halogens is 2. The van der Waals surface area contributed by atoms with Crippen molar-refractivity contribution in [1.29, 1.82) is 0 Å². The molecule has 0 saturated heterocycles. The van der Waals surface area contributed by atoms with E-state index >= 15 is 0 Å². The maximum atomic E-state index is 13.6. The smallest absolute Gasteiger partial charge is 0.317 e. The van der Waals surface area contributed by atoms with Gasteiger partial charge in [0.15, 0.2) is 17.6 Å². The molecule has 1 heterocycles. The van der Waals surface area contributed by atoms with E-state index in [9.17, 15) is 18.4 Å². The van der Waals surface area contributed by atoms with E-state index in [1.165, 1.54) is 6.92 Å². The second kappa shape index (κ2) is 8.92. The molecule has 0 bridgehead atoms. The minimum atomic E-state index is -1.07. The molecule has 1 aliphatic heterocycles. The minimum absolute atomic E-state index is 0.00895. The Morgan fingerprint density at radius 3 is 2.68 bits per heavy atom. The van der Waals surface area contributed by atoms with Gasteiger partial charge in [-0.1, -0.05) is 0 Å². The molecule has 0 fully saturated rings. The molecular weight excluding hydrogens is 392 g/mol. The average molecular weight is 409 g/mol. The zero-order valence-electron chi connectivity index (χ0n) is 14.9. The number of amides is 1. The van der Waals surface area contributed by atoms with Gasteiger partial charge in [-0.2, -0.15) is 0 Å². The van der Waals surface area contributed by atoms with Gasteiger partial charge >= 0.3 is 5.97 Å². The summed E-state index contributed by atoms with van der Waals surface area (Å²) < 4.78 is 42.6. The second-order valence-electron chi connectivity index (χ2n) is 5.84. The van der Waals surface area contributed by atoms with E-state index in [0.29, 0.717) is 30.4 Å². The Morgan fingerprint density at radius 2 is 1.89 bits per heavy atom. The predicted molar refractivity (Wildman–Crippen MR) is 98.7 cm³/mol. The molecule has 6 nitrogen and oxygen atoms in total. The molecule has 0 radical (unpaired) electrons. The van der Waals surface area contributed by atoms with Crippen LogP contribution in [0.5, 0.6) is 11.5 Å². The van der Waals surface area contributed by atoms with Crippen molar-refractivity contribution in [2.24, 2.45) is 0 Å². The lowest BCUT2D eigenvalue weighted by molar-refractivity contribution is -0.150. The van der Waals surface area contributed by atoms with E-state index < -0.39 is 29.6 Å². The number of anilines is 1. The number of benzene rings is 2. The molecule has 0 aliphatic carbocycles. The number of hydrogen-bond donors (Lipinski definition) is 1. The summed E-state index contributed by atoms with van der Waals surface area (Å²) >= 11 is 0.791. The van der Waals surface area contributed by atoms with E-state index in [-0.39, 0.29) is 10.6 Å². The summed E-state index contributed by atoms with van der Waals surface area (Å²) in [6.45, 7) is 2.30. The maximum absolute atomic E-state index is 13.6. The van der Waals surface area contributed by atoms with E-state index in [1.54, 1.807) is 18.2 Å². The topological polar surface area (TPSA) is 73.9 Å². The number of carbonyl (C=O) groups excluding carboxylic acids is 2. The first-order chi connectivity index (χ1) is 13.4. The first-order valence-electron chi connectivity index (χ1n) is 8.40. The van der Waals surface area contributed by atoms with Gasteiger partial charge in [0.2, 0.25) is 0 Å². The van der Waals surface area contributed by atoms with Crippen molar-refractivity contribution in [1.82, 2.24) is 0 Å². The lowest BCUT2D eigenvalue weighted by atomic mass is 10.2. The van der Waals surface area contributed by atoms with Crippen LogP contribution < -0.4 is 14.8 Å². The van der Waals surface area contributed by atoms with Gasteiger partial charge in [-0.15, -0.1) is 11.8 Å². The van der Waals surface area contributed by atoms with Crippen molar-refractivity contribution in [3.8, 4) is 11.5 Å². The molecule has 3 rings (SSSR count). The Bertz CT molecular complexity index is 893. The van der Waals surface area contributed by atoms with Crippen LogP contribution in [-0.2, 0) is 14.3 Å². The van der Waals surface area contributed by atoms with Crippen LogP contribution in [0.2, 0.25) is 0 Å². The number of hydrogen-bond acceptors (Lipinski definition) is 6. The number of esters is 1. The van der Waals surface area contributed by atoms with Gasteiger partial charge in [0.05, 0.1) is 5.75 Å². The molecule has 2 aromatic rings. The first kappa shape index (κ1) is 19.9. The Labute approximate surface area is 164 Å². The summed E-state index contributed by atoms with van der Waals surface area (Å²) in [6, 6.07) is 7.89. The molecule has 148 valence electrons. The SMILES string of the molecule is C[C@@H](OC(=O)CSc1cc(F)ccc1F)C(=O)Nc1ccc2c(c1)OCCO2. The third kappa shape index (κ3) is 5.13. The zero-order chi connectivity index (χ0) is 20.1. The predicted octanol–water partition coefficient (Wildman–Crippen LogP) is 3.40. The van der Waals surface area contributed by atoms with Crippen molar-refractivity contribution in [3.63, 3.8) is 0 Å². The molecule has 28 heavy (non-hydrogen) atoms. The average Bonchev–Trinajstić information content (AvgIpc) is 2.68. The summed E-state index contributed by atoms with van der Waals surface area (Å²) in [7, 11) is 0. The number of rotatable bonds is 6. The highest BCUT2D eigenvalue weighted by Crippen LogP contribution is 2.32. The summed E-state index contributed by atoms with van der Waals surface area (Å²) in [5, 5.41) is 2.62. The molecule has 9 heteroatoms. The molecule has 1 amide bonds. The molecule has 0 saturated carbocycles. The van der Waals surface area contributed by atoms with Crippen LogP contribution in [0.15, 0.2) is 41.3 Å². The lowest BCUT2D eigenvalue weighted by Crippen LogP contribution is -2.30. The second-order valence-corrected chi connectivity index (χ2v) is 6.86. The minimum Gasteiger partial charge on any atom is -0.486 e. The summed E-state index contributed by atoms with van der Waals surface area (Å²) in [5.74, 6) is -1.66. The number of carbonyl (C=O) groups is 2. The zero-order valence-corrected chi connectivity index (χ0v) is 15.7. The van der Waals surface area contributed by atoms with Gasteiger partial charge in [-0.3, -0.25) is 9.59 Å². The van der Waals surface area contributed by atoms with Crippen LogP contribution in [0.3, 0.4) is 0 Å². The summed E-state index contributed by atoms with van der Waals surface area (Å²) in [6.07, 6.45) is -1.07. The normalized spacial score (nSPS) is 13.5. The molecule has 2 aromatic carbocycles. The third-order valence-electron chi connectivity index (χ3n) is 3.73. The maximum Gasteiger partial charge on any atom is 0.317 e. The van der Waals surface area contributed by atoms with Gasteiger partial charge in [-0.25, -0.2) is 8.78 Å². The highest BCUT2D eigenvalue weighted by Gasteiger charge is 2.20. The highest BCUT2D eigenvalue weighted by molar-refractivity contribution is 8.00. The molecule has 0 unspecified atom stereocenters. The monoisotopic (exact) mass is 409 g/mol. The van der Waals surface area contributed by atoms with E-state index in [2.05, 4.69) is 5.32 Å². The third-order valence-corrected chi connectivity index (χ3v) is 4.73. The van der Waals surface area contributed by atoms with Gasteiger partial charge < -0.3 is 19.5 Å². The van der Waals surface area contributed by atoms with Gasteiger partial charge in [0, 0.05) is 16.6 Å². The Kier molecular flexibility index (Phi) is 6.35. The molecule has 0 aromatic heterocycles. The molecule has 1 atom stereocenters. The van der Waals surface area contributed by atoms with Crippen molar-refractivity contribution < 1.29 is 32.6 Å². The molecule has 1 aliphatic rings. The Morgan fingerprint density at radius 1 is 1.14 bits per heavy atom. The molecule has 1 N–H and O–H groups in total. The van der Waals surface area contributed by atoms with Crippen molar-refractivity contribution in [3.05, 3.63) is 48.0 Å². The fourth-order valence-electron chi connectivity index (χ4n) is 2.37. The van der Waals surface area contributed by atoms with Crippen LogP contribution in [0.1, 0.15) is 6.92 Å². The number of fused-ring (bicyclic) bond motifs is 1. The largest absolute Gasteiger partial charge is 0.486 e. The number of thioether (sulfide) groups is 1. The van der Waals surface area contributed by atoms with E-state index in [1.807, 2.05) is 0 Å². The Balaban J connectivity index is 1.51. The number of ether oxygens (including phenoxy) is 3. The lowest BCUT2D eigenvalue weighted by Gasteiger charge is -2.19. The quantitative estimate of drug-likeness (QED) is 0.582. The van der Waals surface area contributed by atoms with Crippen LogP contribution in [0.4, 0.5) is 14.5 Å². The van der Waals surface area contributed by atoms with Crippen molar-refractivity contribution >= 4 is 29.3 Å². The fourth-order valence-corrected chi connectivity index (χ4v) is 3.12. The Hall–Kier alpha value is -2.81. The van der Waals surface area contributed by atoms with Gasteiger partial charge in [0.1, 0.15) is 24.8 Å². The summed E-state index contributed by atoms with van der Waals surface area (Å²) in [5.41, 5.74) is 0.466. The van der Waals surface area contributed by atoms with E-state index in [4.69, 9.17) is 14.2 Å². The van der Waals surface area contributed by atoms with Crippen LogP contribution in [-0.4, -0.2) is 36.9 Å². The number of nitrogens with one attached hydrogen (secondary N) is 1. The van der Waals surface area contributed by atoms with Gasteiger partial charge in [0.25, 0.3) is 5.91 Å². The molecule has 0 spiro atoms.